The van der Waals surface area contributed by atoms with Gasteiger partial charge in [-0.15, -0.1) is 29.7 Å². The average molecular weight is 957 g/mol. The van der Waals surface area contributed by atoms with Crippen LogP contribution in [0.4, 0.5) is 0 Å². The Bertz CT molecular complexity index is 3670. The van der Waals surface area contributed by atoms with Gasteiger partial charge in [0.2, 0.25) is 0 Å². The second kappa shape index (κ2) is 15.6. The van der Waals surface area contributed by atoms with Crippen LogP contribution in [0.3, 0.4) is 0 Å². The van der Waals surface area contributed by atoms with E-state index in [1.807, 2.05) is 49.6 Å². The van der Waals surface area contributed by atoms with Gasteiger partial charge in [0.05, 0.1) is 42.1 Å². The molecule has 6 nitrogen and oxygen atoms in total. The Morgan fingerprint density at radius 3 is 2.19 bits per heavy atom. The van der Waals surface area contributed by atoms with Gasteiger partial charge in [-0.1, -0.05) is 129 Å². The van der Waals surface area contributed by atoms with E-state index in [0.717, 1.165) is 16.3 Å². The number of imidazole rings is 1. The van der Waals surface area contributed by atoms with Crippen LogP contribution in [-0.2, 0) is 27.4 Å². The minimum atomic E-state index is -1.68. The molecule has 0 atom stereocenters. The van der Waals surface area contributed by atoms with E-state index in [9.17, 15) is 0 Å². The first-order valence-corrected chi connectivity index (χ1v) is 18.5. The molecule has 10 rings (SSSR count). The summed E-state index contributed by atoms with van der Waals surface area (Å²) in [6.45, 7) is 5.56. The molecule has 0 saturated heterocycles. The molecular weight excluding hydrogens is 906 g/mol. The Labute approximate surface area is 375 Å². The number of hydrogen-bond donors (Lipinski definition) is 0. The van der Waals surface area contributed by atoms with Crippen LogP contribution in [0.25, 0.3) is 72.3 Å². The summed E-state index contributed by atoms with van der Waals surface area (Å²) in [5.74, 6) is 1.12. The summed E-state index contributed by atoms with van der Waals surface area (Å²) in [7, 11) is 0. The zero-order chi connectivity index (χ0) is 49.7. The fourth-order valence-electron chi connectivity index (χ4n) is 7.22. The molecule has 0 fully saturated rings. The van der Waals surface area contributed by atoms with Crippen molar-refractivity contribution in [2.45, 2.75) is 27.1 Å². The van der Waals surface area contributed by atoms with E-state index in [1.165, 1.54) is 0 Å². The third-order valence-corrected chi connectivity index (χ3v) is 9.52. The first-order valence-electron chi connectivity index (χ1n) is 24.5. The van der Waals surface area contributed by atoms with Crippen molar-refractivity contribution >= 4 is 32.8 Å². The summed E-state index contributed by atoms with van der Waals surface area (Å²) in [5.41, 5.74) is 2.75. The zero-order valence-electron chi connectivity index (χ0n) is 43.9. The number of pyridine rings is 2. The van der Waals surface area contributed by atoms with Gasteiger partial charge in [0.25, 0.3) is 6.33 Å². The number of nitrogens with zero attached hydrogens (tertiary/aromatic N) is 5. The zero-order valence-corrected chi connectivity index (χ0v) is 34.1. The van der Waals surface area contributed by atoms with Crippen LogP contribution in [0.5, 0.6) is 11.5 Å². The van der Waals surface area contributed by atoms with Crippen LogP contribution in [0.15, 0.2) is 170 Å². The van der Waals surface area contributed by atoms with Crippen LogP contribution >= 0.6 is 0 Å². The Morgan fingerprint density at radius 2 is 1.44 bits per heavy atom. The van der Waals surface area contributed by atoms with Gasteiger partial charge in [0.1, 0.15) is 5.82 Å². The Kier molecular flexibility index (Phi) is 6.99. The molecule has 0 saturated carbocycles. The van der Waals surface area contributed by atoms with E-state index in [-0.39, 0.29) is 49.0 Å². The number of ether oxygens (including phenoxy) is 1. The second-order valence-electron chi connectivity index (χ2n) is 14.6. The SMILES string of the molecule is [2H]c1c([2H])c([2H])c(-c2cccc(-c3c([2H])c([2H])c([2H])c([2H])c3[2H])c2-[n+]2[c-]n(-c3[c-]c(Oc4[c-]c5c(cc4)c4ccncc4n5-c4cc(C([2H])([2H])C(C)(C)C)ccn4)ccc3)c3ccccc32)c([2H])c1[2H].[Pt]. The fraction of sp³-hybridized carbons (Fsp3) is 0.0962. The van der Waals surface area contributed by atoms with Crippen molar-refractivity contribution in [3.05, 3.63) is 194 Å². The minimum absolute atomic E-state index is 0. The summed E-state index contributed by atoms with van der Waals surface area (Å²) in [4.78, 5) is 9.07. The summed E-state index contributed by atoms with van der Waals surface area (Å²) < 4.78 is 116. The van der Waals surface area contributed by atoms with Crippen molar-refractivity contribution in [3.63, 3.8) is 0 Å². The van der Waals surface area contributed by atoms with Crippen molar-refractivity contribution in [3.8, 4) is 50.9 Å². The van der Waals surface area contributed by atoms with Crippen LogP contribution in [-0.4, -0.2) is 19.1 Å². The molecule has 4 aromatic heterocycles. The maximum Gasteiger partial charge on any atom is 0.268 e. The van der Waals surface area contributed by atoms with Gasteiger partial charge in [0.15, 0.2) is 0 Å². The van der Waals surface area contributed by atoms with E-state index in [1.54, 1.807) is 94.5 Å². The summed E-state index contributed by atoms with van der Waals surface area (Å²) in [6.07, 6.45) is 6.72. The molecule has 0 bridgehead atoms. The van der Waals surface area contributed by atoms with Gasteiger partial charge in [-0.2, -0.15) is 18.2 Å². The van der Waals surface area contributed by atoms with Crippen molar-refractivity contribution < 1.29 is 46.8 Å². The largest absolute Gasteiger partial charge is 0.510 e. The number of benzene rings is 6. The molecule has 0 aliphatic carbocycles. The van der Waals surface area contributed by atoms with Crippen molar-refractivity contribution in [2.75, 3.05) is 0 Å². The topological polar surface area (TPSA) is 48.8 Å². The number of para-hydroxylation sites is 3. The summed E-state index contributed by atoms with van der Waals surface area (Å²) in [6, 6.07) is 27.5. The number of fused-ring (bicyclic) bond motifs is 4. The number of hydrogen-bond acceptors (Lipinski definition) is 3. The van der Waals surface area contributed by atoms with Crippen LogP contribution in [0.1, 0.15) is 42.8 Å². The van der Waals surface area contributed by atoms with E-state index in [2.05, 4.69) is 28.4 Å². The maximum absolute atomic E-state index is 8.99. The van der Waals surface area contributed by atoms with Gasteiger partial charge < -0.3 is 13.9 Å². The molecule has 0 radical (unpaired) electrons. The quantitative estimate of drug-likeness (QED) is 0.113. The molecule has 59 heavy (non-hydrogen) atoms. The van der Waals surface area contributed by atoms with Gasteiger partial charge in [-0.05, 0) is 68.9 Å². The van der Waals surface area contributed by atoms with Crippen LogP contribution in [0, 0.1) is 23.9 Å². The normalized spacial score (nSPS) is 14.7. The average Bonchev–Trinajstić information content (AvgIpc) is 3.90. The van der Waals surface area contributed by atoms with E-state index >= 15 is 0 Å². The predicted octanol–water partition coefficient (Wildman–Crippen LogP) is 11.9. The Balaban J connectivity index is 0.00000624. The van der Waals surface area contributed by atoms with Gasteiger partial charge >= 0.3 is 0 Å². The number of aromatic nitrogens is 5. The third-order valence-electron chi connectivity index (χ3n) is 9.52. The molecule has 0 aliphatic rings. The predicted molar refractivity (Wildman–Crippen MR) is 232 cm³/mol. The molecule has 290 valence electrons. The molecule has 4 heterocycles. The van der Waals surface area contributed by atoms with Gasteiger partial charge in [0, 0.05) is 47.7 Å². The summed E-state index contributed by atoms with van der Waals surface area (Å²) >= 11 is 0. The Hall–Kier alpha value is -6.62. The first-order chi connectivity index (χ1) is 33.3. The smallest absolute Gasteiger partial charge is 0.268 e. The molecule has 0 aliphatic heterocycles. The molecule has 6 aromatic carbocycles. The maximum atomic E-state index is 8.99. The molecule has 0 unspecified atom stereocenters. The third kappa shape index (κ3) is 7.26. The molecule has 0 N–H and O–H groups in total. The minimum Gasteiger partial charge on any atom is -0.510 e. The van der Waals surface area contributed by atoms with Crippen molar-refractivity contribution in [1.82, 2.24) is 19.1 Å². The van der Waals surface area contributed by atoms with E-state index in [4.69, 9.17) is 21.2 Å². The van der Waals surface area contributed by atoms with Crippen molar-refractivity contribution in [2.24, 2.45) is 5.41 Å². The molecule has 10 aromatic rings. The standard InChI is InChI=1S/C52H39N5O.Pt/c1-52(2,3)33-36-26-29-54-50(30-36)57-48-32-41(24-25-44(48)45-27-28-53-34-49(45)57)58-40-19-12-18-39(31-40)55-35-56(47-23-11-10-22-46(47)55)51-42(37-14-6-4-7-15-37)20-13-21-43(51)38-16-8-5-9-17-38;/h4-30,34H,33H2,1-3H3;/q-2;/i4D,5D,6D,7D,8D,9D,14D,15D,16D,17D,33D2;. The fourth-order valence-corrected chi connectivity index (χ4v) is 7.22. The Morgan fingerprint density at radius 1 is 0.729 bits per heavy atom. The van der Waals surface area contributed by atoms with E-state index < -0.39 is 72.2 Å². The molecular formula is C52H39N5OPt-2. The molecule has 0 amide bonds. The number of rotatable bonds is 8. The first kappa shape index (κ1) is 26.4. The summed E-state index contributed by atoms with van der Waals surface area (Å²) in [5, 5.41) is 1.73. The van der Waals surface area contributed by atoms with Gasteiger partial charge in [-0.3, -0.25) is 9.55 Å². The van der Waals surface area contributed by atoms with Crippen LogP contribution < -0.4 is 9.30 Å². The van der Waals surface area contributed by atoms with Gasteiger partial charge in [-0.25, -0.2) is 4.98 Å². The molecule has 0 spiro atoms. The second-order valence-corrected chi connectivity index (χ2v) is 14.6. The van der Waals surface area contributed by atoms with Crippen molar-refractivity contribution in [1.29, 1.82) is 0 Å². The molecule has 7 heteroatoms. The monoisotopic (exact) mass is 956 g/mol. The van der Waals surface area contributed by atoms with Crippen LogP contribution in [0.2, 0.25) is 0 Å². The van der Waals surface area contributed by atoms with E-state index in [0.29, 0.717) is 45.1 Å².